The molecule has 74 valence electrons. The number of hydrogen-bond donors (Lipinski definition) is 1. The van der Waals surface area contributed by atoms with Crippen LogP contribution in [0.5, 0.6) is 0 Å². The second-order valence-electron chi connectivity index (χ2n) is 2.98. The van der Waals surface area contributed by atoms with Crippen molar-refractivity contribution in [3.05, 3.63) is 18.0 Å². The Hall–Kier alpha value is -0.970. The minimum Gasteiger partial charge on any atom is -0.323 e. The Morgan fingerprint density at radius 1 is 1.62 bits per heavy atom. The Bertz CT molecular complexity index is 260. The molecule has 0 amide bonds. The predicted molar refractivity (Wildman–Crippen MR) is 45.5 cm³/mol. The van der Waals surface area contributed by atoms with Crippen LogP contribution in [0.15, 0.2) is 12.3 Å². The van der Waals surface area contributed by atoms with Gasteiger partial charge in [-0.25, -0.2) is 8.78 Å². The van der Waals surface area contributed by atoms with E-state index in [2.05, 4.69) is 5.10 Å². The van der Waals surface area contributed by atoms with Crippen molar-refractivity contribution >= 4 is 0 Å². The summed E-state index contributed by atoms with van der Waals surface area (Å²) < 4.78 is 25.7. The molecule has 0 spiro atoms. The van der Waals surface area contributed by atoms with Gasteiger partial charge in [-0.2, -0.15) is 5.10 Å². The molecule has 2 N–H and O–H groups in total. The highest BCUT2D eigenvalue weighted by atomic mass is 19.3. The molecular weight excluding hydrogens is 176 g/mol. The van der Waals surface area contributed by atoms with Crippen LogP contribution in [0.4, 0.5) is 8.78 Å². The van der Waals surface area contributed by atoms with Gasteiger partial charge in [-0.05, 0) is 18.9 Å². The molecule has 0 aromatic carbocycles. The fourth-order valence-corrected chi connectivity index (χ4v) is 1.09. The van der Waals surface area contributed by atoms with Crippen LogP contribution in [-0.4, -0.2) is 22.2 Å². The number of aromatic nitrogens is 2. The van der Waals surface area contributed by atoms with E-state index >= 15 is 0 Å². The number of nitrogens with two attached hydrogens (primary N) is 1. The van der Waals surface area contributed by atoms with Crippen molar-refractivity contribution in [2.75, 3.05) is 0 Å². The number of alkyl halides is 2. The lowest BCUT2D eigenvalue weighted by atomic mass is 10.1. The molecule has 0 aliphatic carbocycles. The minimum atomic E-state index is -2.44. The van der Waals surface area contributed by atoms with Crippen molar-refractivity contribution in [2.45, 2.75) is 25.3 Å². The zero-order valence-corrected chi connectivity index (χ0v) is 7.45. The number of aryl methyl sites for hydroxylation is 2. The van der Waals surface area contributed by atoms with Crippen LogP contribution in [0.1, 0.15) is 12.1 Å². The zero-order chi connectivity index (χ0) is 9.84. The molecule has 1 heterocycles. The summed E-state index contributed by atoms with van der Waals surface area (Å²) in [5, 5.41) is 3.93. The molecule has 13 heavy (non-hydrogen) atoms. The molecule has 3 nitrogen and oxygen atoms in total. The van der Waals surface area contributed by atoms with Gasteiger partial charge in [0.25, 0.3) is 6.43 Å². The van der Waals surface area contributed by atoms with Crippen LogP contribution < -0.4 is 5.73 Å². The van der Waals surface area contributed by atoms with Gasteiger partial charge in [-0.3, -0.25) is 4.68 Å². The lowest BCUT2D eigenvalue weighted by Crippen LogP contribution is -2.29. The van der Waals surface area contributed by atoms with Crippen LogP contribution in [-0.2, 0) is 13.5 Å². The summed E-state index contributed by atoms with van der Waals surface area (Å²) in [6, 6.07) is 0.771. The summed E-state index contributed by atoms with van der Waals surface area (Å²) in [6.07, 6.45) is 0.0378. The first kappa shape index (κ1) is 10.1. The van der Waals surface area contributed by atoms with Gasteiger partial charge in [0.2, 0.25) is 0 Å². The van der Waals surface area contributed by atoms with Gasteiger partial charge >= 0.3 is 0 Å². The smallest absolute Gasteiger partial charge is 0.253 e. The Morgan fingerprint density at radius 3 is 2.77 bits per heavy atom. The molecule has 1 aromatic rings. The molecule has 1 atom stereocenters. The third-order valence-electron chi connectivity index (χ3n) is 1.98. The zero-order valence-electron chi connectivity index (χ0n) is 7.45. The van der Waals surface area contributed by atoms with Gasteiger partial charge in [-0.1, -0.05) is 0 Å². The highest BCUT2D eigenvalue weighted by Gasteiger charge is 2.15. The van der Waals surface area contributed by atoms with Gasteiger partial charge in [-0.15, -0.1) is 0 Å². The standard InChI is InChI=1S/C8H13F2N3/c1-13-6(4-5-12-13)2-3-7(11)8(9)10/h4-5,7-8H,2-3,11H2,1H3. The molecule has 1 aromatic heterocycles. The largest absolute Gasteiger partial charge is 0.323 e. The Labute approximate surface area is 75.5 Å². The van der Waals surface area contributed by atoms with Gasteiger partial charge in [0, 0.05) is 18.9 Å². The van der Waals surface area contributed by atoms with Crippen molar-refractivity contribution in [1.29, 1.82) is 0 Å². The molecule has 1 unspecified atom stereocenters. The van der Waals surface area contributed by atoms with Crippen LogP contribution in [0.3, 0.4) is 0 Å². The van der Waals surface area contributed by atoms with E-state index in [4.69, 9.17) is 5.73 Å². The van der Waals surface area contributed by atoms with Crippen LogP contribution >= 0.6 is 0 Å². The number of rotatable bonds is 4. The molecular formula is C8H13F2N3. The van der Waals surface area contributed by atoms with Crippen molar-refractivity contribution in [2.24, 2.45) is 12.8 Å². The van der Waals surface area contributed by atoms with E-state index < -0.39 is 12.5 Å². The normalized spacial score (nSPS) is 13.6. The lowest BCUT2D eigenvalue weighted by molar-refractivity contribution is 0.112. The van der Waals surface area contributed by atoms with Gasteiger partial charge in [0.1, 0.15) is 0 Å². The molecule has 0 bridgehead atoms. The third kappa shape index (κ3) is 2.77. The number of hydrogen-bond acceptors (Lipinski definition) is 2. The summed E-state index contributed by atoms with van der Waals surface area (Å²) in [7, 11) is 1.78. The Balaban J connectivity index is 2.39. The molecule has 0 radical (unpaired) electrons. The average Bonchev–Trinajstić information content (AvgIpc) is 2.47. The van der Waals surface area contributed by atoms with E-state index in [9.17, 15) is 8.78 Å². The van der Waals surface area contributed by atoms with E-state index in [0.717, 1.165) is 5.69 Å². The molecule has 1 rings (SSSR count). The maximum Gasteiger partial charge on any atom is 0.253 e. The molecule has 0 aliphatic rings. The lowest BCUT2D eigenvalue weighted by Gasteiger charge is -2.09. The molecule has 0 saturated carbocycles. The summed E-state index contributed by atoms with van der Waals surface area (Å²) in [6.45, 7) is 0. The summed E-state index contributed by atoms with van der Waals surface area (Å²) in [5.41, 5.74) is 6.13. The fraction of sp³-hybridized carbons (Fsp3) is 0.625. The molecule has 0 fully saturated rings. The minimum absolute atomic E-state index is 0.289. The topological polar surface area (TPSA) is 43.8 Å². The highest BCUT2D eigenvalue weighted by Crippen LogP contribution is 2.07. The van der Waals surface area contributed by atoms with Gasteiger partial charge < -0.3 is 5.73 Å². The van der Waals surface area contributed by atoms with Crippen molar-refractivity contribution < 1.29 is 8.78 Å². The first-order chi connectivity index (χ1) is 6.11. The monoisotopic (exact) mass is 189 g/mol. The van der Waals surface area contributed by atoms with E-state index in [0.29, 0.717) is 6.42 Å². The SMILES string of the molecule is Cn1nccc1CCC(N)C(F)F. The van der Waals surface area contributed by atoms with E-state index in [-0.39, 0.29) is 6.42 Å². The number of nitrogens with zero attached hydrogens (tertiary/aromatic N) is 2. The summed E-state index contributed by atoms with van der Waals surface area (Å²) in [5.74, 6) is 0. The second kappa shape index (κ2) is 4.32. The van der Waals surface area contributed by atoms with Crippen LogP contribution in [0.25, 0.3) is 0 Å². The second-order valence-corrected chi connectivity index (χ2v) is 2.98. The van der Waals surface area contributed by atoms with Gasteiger partial charge in [0.15, 0.2) is 0 Å². The maximum atomic E-state index is 12.0. The van der Waals surface area contributed by atoms with Crippen LogP contribution in [0.2, 0.25) is 0 Å². The predicted octanol–water partition coefficient (Wildman–Crippen LogP) is 0.945. The fourth-order valence-electron chi connectivity index (χ4n) is 1.09. The highest BCUT2D eigenvalue weighted by molar-refractivity contribution is 5.00. The summed E-state index contributed by atoms with van der Waals surface area (Å²) >= 11 is 0. The first-order valence-electron chi connectivity index (χ1n) is 4.12. The first-order valence-corrected chi connectivity index (χ1v) is 4.12. The van der Waals surface area contributed by atoms with Gasteiger partial charge in [0.05, 0.1) is 6.04 Å². The van der Waals surface area contributed by atoms with Crippen LogP contribution in [0, 0.1) is 0 Å². The van der Waals surface area contributed by atoms with E-state index in [1.54, 1.807) is 24.0 Å². The Kier molecular flexibility index (Phi) is 3.36. The maximum absolute atomic E-state index is 12.0. The molecule has 0 saturated heterocycles. The molecule has 5 heteroatoms. The quantitative estimate of drug-likeness (QED) is 0.766. The third-order valence-corrected chi connectivity index (χ3v) is 1.98. The van der Waals surface area contributed by atoms with Crippen molar-refractivity contribution in [3.63, 3.8) is 0 Å². The van der Waals surface area contributed by atoms with E-state index in [1.807, 2.05) is 0 Å². The summed E-state index contributed by atoms with van der Waals surface area (Å²) in [4.78, 5) is 0. The average molecular weight is 189 g/mol. The molecule has 0 aliphatic heterocycles. The van der Waals surface area contributed by atoms with Crippen molar-refractivity contribution in [3.8, 4) is 0 Å². The van der Waals surface area contributed by atoms with E-state index in [1.165, 1.54) is 0 Å². The van der Waals surface area contributed by atoms with Crippen molar-refractivity contribution in [1.82, 2.24) is 9.78 Å². The number of halogens is 2. The Morgan fingerprint density at radius 2 is 2.31 bits per heavy atom.